The van der Waals surface area contributed by atoms with E-state index in [0.29, 0.717) is 6.04 Å². The summed E-state index contributed by atoms with van der Waals surface area (Å²) in [6, 6.07) is 0.439. The monoisotopic (exact) mass is 149 g/mol. The molecule has 0 fully saturated rings. The highest BCUT2D eigenvalue weighted by Crippen LogP contribution is 2.18. The molecule has 0 aromatic heterocycles. The lowest BCUT2D eigenvalue weighted by Gasteiger charge is -2.23. The van der Waals surface area contributed by atoms with Crippen molar-refractivity contribution in [3.63, 3.8) is 0 Å². The molecule has 0 aliphatic carbocycles. The van der Waals surface area contributed by atoms with Crippen LogP contribution >= 0.6 is 0 Å². The summed E-state index contributed by atoms with van der Waals surface area (Å²) in [4.78, 5) is 0. The molecule has 1 nitrogen and oxygen atoms in total. The summed E-state index contributed by atoms with van der Waals surface area (Å²) in [7, 11) is 0. The molecule has 0 aromatic carbocycles. The molecule has 0 saturated heterocycles. The van der Waals surface area contributed by atoms with Crippen LogP contribution in [0.5, 0.6) is 0 Å². The normalized spacial score (nSPS) is 25.0. The van der Waals surface area contributed by atoms with Gasteiger partial charge in [-0.1, -0.05) is 25.3 Å². The van der Waals surface area contributed by atoms with Gasteiger partial charge >= 0.3 is 0 Å². The SMILES string of the molecule is C=CC1=C(C=C)[C@H](C)NCC1. The highest BCUT2D eigenvalue weighted by atomic mass is 14.9. The van der Waals surface area contributed by atoms with Crippen LogP contribution in [0.25, 0.3) is 0 Å². The van der Waals surface area contributed by atoms with Crippen LogP contribution < -0.4 is 5.32 Å². The second-order valence-corrected chi connectivity index (χ2v) is 2.81. The van der Waals surface area contributed by atoms with Gasteiger partial charge in [-0.05, 0) is 31.0 Å². The summed E-state index contributed by atoms with van der Waals surface area (Å²) in [5, 5.41) is 3.37. The Balaban J connectivity index is 2.94. The Morgan fingerprint density at radius 1 is 1.45 bits per heavy atom. The average Bonchev–Trinajstić information content (AvgIpc) is 2.04. The first-order valence-corrected chi connectivity index (χ1v) is 4.01. The minimum Gasteiger partial charge on any atom is -0.310 e. The predicted molar refractivity (Wildman–Crippen MR) is 49.5 cm³/mol. The number of hydrogen-bond acceptors (Lipinski definition) is 1. The Morgan fingerprint density at radius 3 is 2.64 bits per heavy atom. The molecule has 1 aliphatic rings. The highest BCUT2D eigenvalue weighted by molar-refractivity contribution is 5.36. The number of allylic oxidation sites excluding steroid dienone is 1. The molecule has 0 radical (unpaired) electrons. The van der Waals surface area contributed by atoms with Crippen molar-refractivity contribution >= 4 is 0 Å². The van der Waals surface area contributed by atoms with Gasteiger partial charge in [0.25, 0.3) is 0 Å². The van der Waals surface area contributed by atoms with Crippen molar-refractivity contribution in [1.29, 1.82) is 0 Å². The topological polar surface area (TPSA) is 12.0 Å². The summed E-state index contributed by atoms with van der Waals surface area (Å²) in [5.41, 5.74) is 2.64. The van der Waals surface area contributed by atoms with Crippen molar-refractivity contribution in [2.45, 2.75) is 19.4 Å². The predicted octanol–water partition coefficient (Wildman–Crippen LogP) is 2.04. The van der Waals surface area contributed by atoms with E-state index in [2.05, 4.69) is 25.4 Å². The molecule has 0 saturated carbocycles. The van der Waals surface area contributed by atoms with E-state index in [1.165, 1.54) is 11.1 Å². The van der Waals surface area contributed by atoms with Gasteiger partial charge in [0.1, 0.15) is 0 Å². The van der Waals surface area contributed by atoms with E-state index in [0.717, 1.165) is 13.0 Å². The fraction of sp³-hybridized carbons (Fsp3) is 0.400. The van der Waals surface area contributed by atoms with Crippen LogP contribution in [0, 0.1) is 0 Å². The molecule has 0 amide bonds. The molecule has 1 N–H and O–H groups in total. The number of nitrogens with one attached hydrogen (secondary N) is 1. The number of rotatable bonds is 2. The molecule has 1 aliphatic heterocycles. The fourth-order valence-electron chi connectivity index (χ4n) is 1.48. The van der Waals surface area contributed by atoms with Gasteiger partial charge in [0, 0.05) is 6.04 Å². The van der Waals surface area contributed by atoms with Crippen LogP contribution in [0.4, 0.5) is 0 Å². The molecule has 1 heterocycles. The molecule has 0 bridgehead atoms. The van der Waals surface area contributed by atoms with Crippen molar-refractivity contribution in [2.75, 3.05) is 6.54 Å². The van der Waals surface area contributed by atoms with E-state index >= 15 is 0 Å². The van der Waals surface area contributed by atoms with Crippen molar-refractivity contribution in [1.82, 2.24) is 5.32 Å². The zero-order chi connectivity index (χ0) is 8.27. The molecule has 1 rings (SSSR count). The third-order valence-electron chi connectivity index (χ3n) is 2.15. The van der Waals surface area contributed by atoms with E-state index < -0.39 is 0 Å². The lowest BCUT2D eigenvalue weighted by atomic mass is 9.95. The average molecular weight is 149 g/mol. The van der Waals surface area contributed by atoms with Crippen molar-refractivity contribution in [3.8, 4) is 0 Å². The molecule has 0 unspecified atom stereocenters. The highest BCUT2D eigenvalue weighted by Gasteiger charge is 2.13. The molecule has 0 spiro atoms. The quantitative estimate of drug-likeness (QED) is 0.633. The Bertz CT molecular complexity index is 201. The van der Waals surface area contributed by atoms with Crippen LogP contribution in [-0.4, -0.2) is 12.6 Å². The molecular formula is C10H15N. The maximum atomic E-state index is 3.79. The van der Waals surface area contributed by atoms with Gasteiger partial charge in [0.2, 0.25) is 0 Å². The van der Waals surface area contributed by atoms with E-state index in [4.69, 9.17) is 0 Å². The third kappa shape index (κ3) is 1.60. The van der Waals surface area contributed by atoms with Gasteiger partial charge in [-0.15, -0.1) is 0 Å². The molecular weight excluding hydrogens is 134 g/mol. The Morgan fingerprint density at radius 2 is 2.18 bits per heavy atom. The smallest absolute Gasteiger partial charge is 0.0294 e. The lowest BCUT2D eigenvalue weighted by Crippen LogP contribution is -2.33. The van der Waals surface area contributed by atoms with E-state index in [9.17, 15) is 0 Å². The third-order valence-corrected chi connectivity index (χ3v) is 2.15. The molecule has 60 valence electrons. The second kappa shape index (κ2) is 3.54. The minimum atomic E-state index is 0.439. The van der Waals surface area contributed by atoms with Gasteiger partial charge < -0.3 is 5.32 Å². The summed E-state index contributed by atoms with van der Waals surface area (Å²) in [6.07, 6.45) is 4.94. The Hall–Kier alpha value is -0.820. The summed E-state index contributed by atoms with van der Waals surface area (Å²) < 4.78 is 0. The van der Waals surface area contributed by atoms with Gasteiger partial charge in [0.05, 0.1) is 0 Å². The summed E-state index contributed by atoms with van der Waals surface area (Å²) in [5.74, 6) is 0. The Labute approximate surface area is 68.5 Å². The molecule has 11 heavy (non-hydrogen) atoms. The first-order valence-electron chi connectivity index (χ1n) is 4.01. The van der Waals surface area contributed by atoms with Crippen molar-refractivity contribution in [2.24, 2.45) is 0 Å². The molecule has 1 atom stereocenters. The van der Waals surface area contributed by atoms with Crippen LogP contribution in [0.2, 0.25) is 0 Å². The standard InChI is InChI=1S/C10H15N/c1-4-9-6-7-11-8(3)10(9)5-2/h4-5,8,11H,1-2,6-7H2,3H3/t8-/m0/s1. The van der Waals surface area contributed by atoms with E-state index in [1.807, 2.05) is 12.2 Å². The summed E-state index contributed by atoms with van der Waals surface area (Å²) in [6.45, 7) is 10.8. The van der Waals surface area contributed by atoms with E-state index in [-0.39, 0.29) is 0 Å². The van der Waals surface area contributed by atoms with E-state index in [1.54, 1.807) is 0 Å². The van der Waals surface area contributed by atoms with Crippen LogP contribution in [-0.2, 0) is 0 Å². The van der Waals surface area contributed by atoms with Crippen LogP contribution in [0.1, 0.15) is 13.3 Å². The summed E-state index contributed by atoms with van der Waals surface area (Å²) >= 11 is 0. The maximum Gasteiger partial charge on any atom is 0.0294 e. The molecule has 1 heteroatoms. The Kier molecular flexibility index (Phi) is 2.66. The van der Waals surface area contributed by atoms with Crippen molar-refractivity contribution < 1.29 is 0 Å². The first kappa shape index (κ1) is 8.28. The fourth-order valence-corrected chi connectivity index (χ4v) is 1.48. The second-order valence-electron chi connectivity index (χ2n) is 2.81. The van der Waals surface area contributed by atoms with Crippen LogP contribution in [0.15, 0.2) is 36.5 Å². The lowest BCUT2D eigenvalue weighted by molar-refractivity contribution is 0.583. The maximum absolute atomic E-state index is 3.79. The van der Waals surface area contributed by atoms with Gasteiger partial charge in [-0.25, -0.2) is 0 Å². The zero-order valence-corrected chi connectivity index (χ0v) is 7.06. The van der Waals surface area contributed by atoms with Gasteiger partial charge in [0.15, 0.2) is 0 Å². The van der Waals surface area contributed by atoms with Gasteiger partial charge in [-0.2, -0.15) is 0 Å². The number of hydrogen-bond donors (Lipinski definition) is 1. The first-order chi connectivity index (χ1) is 5.29. The minimum absolute atomic E-state index is 0.439. The van der Waals surface area contributed by atoms with Gasteiger partial charge in [-0.3, -0.25) is 0 Å². The van der Waals surface area contributed by atoms with Crippen molar-refractivity contribution in [3.05, 3.63) is 36.5 Å². The molecule has 0 aromatic rings. The largest absolute Gasteiger partial charge is 0.310 e. The van der Waals surface area contributed by atoms with Crippen LogP contribution in [0.3, 0.4) is 0 Å². The zero-order valence-electron chi connectivity index (χ0n) is 7.06.